The monoisotopic (exact) mass is 240 g/mol. The normalized spacial score (nSPS) is 15.4. The van der Waals surface area contributed by atoms with E-state index in [0.29, 0.717) is 0 Å². The summed E-state index contributed by atoms with van der Waals surface area (Å²) in [5.41, 5.74) is 1.21. The first-order chi connectivity index (χ1) is 7.39. The van der Waals surface area contributed by atoms with E-state index in [4.69, 9.17) is 0 Å². The molecule has 0 spiro atoms. The topological polar surface area (TPSA) is 24.9 Å². The van der Waals surface area contributed by atoms with Crippen molar-refractivity contribution in [2.45, 2.75) is 53.0 Å². The first kappa shape index (κ1) is 13.7. The molecule has 0 fully saturated rings. The van der Waals surface area contributed by atoms with Gasteiger partial charge in [0.1, 0.15) is 5.01 Å². The highest BCUT2D eigenvalue weighted by atomic mass is 32.1. The Morgan fingerprint density at radius 2 is 2.00 bits per heavy atom. The summed E-state index contributed by atoms with van der Waals surface area (Å²) < 4.78 is 0. The van der Waals surface area contributed by atoms with Crippen molar-refractivity contribution in [3.05, 3.63) is 15.6 Å². The van der Waals surface area contributed by atoms with Gasteiger partial charge in [-0.3, -0.25) is 0 Å². The van der Waals surface area contributed by atoms with Gasteiger partial charge in [-0.2, -0.15) is 0 Å². The third-order valence-corrected chi connectivity index (χ3v) is 4.61. The minimum Gasteiger partial charge on any atom is -0.309 e. The Bertz CT molecular complexity index is 324. The molecule has 0 radical (unpaired) electrons. The van der Waals surface area contributed by atoms with Crippen LogP contribution in [0.1, 0.15) is 49.2 Å². The number of rotatable bonds is 5. The lowest BCUT2D eigenvalue weighted by Crippen LogP contribution is -2.37. The van der Waals surface area contributed by atoms with Crippen molar-refractivity contribution < 1.29 is 0 Å². The van der Waals surface area contributed by atoms with Gasteiger partial charge in [0.15, 0.2) is 0 Å². The molecule has 1 rings (SSSR count). The van der Waals surface area contributed by atoms with Crippen LogP contribution in [0.3, 0.4) is 0 Å². The minimum atomic E-state index is 0.0357. The molecule has 0 aliphatic rings. The van der Waals surface area contributed by atoms with E-state index in [2.05, 4.69) is 44.9 Å². The molecule has 0 saturated heterocycles. The fourth-order valence-electron chi connectivity index (χ4n) is 1.62. The third kappa shape index (κ3) is 3.05. The Labute approximate surface area is 103 Å². The van der Waals surface area contributed by atoms with E-state index < -0.39 is 0 Å². The summed E-state index contributed by atoms with van der Waals surface area (Å²) in [6.07, 6.45) is 2.38. The molecule has 0 aromatic carbocycles. The molecule has 1 atom stereocenters. The summed E-state index contributed by atoms with van der Waals surface area (Å²) in [6.45, 7) is 11.0. The zero-order valence-electron chi connectivity index (χ0n) is 11.3. The number of thiazole rings is 1. The first-order valence-electron chi connectivity index (χ1n) is 6.02. The third-order valence-electron chi connectivity index (χ3n) is 3.27. The number of nitrogens with zero attached hydrogens (tertiary/aromatic N) is 1. The van der Waals surface area contributed by atoms with Gasteiger partial charge in [-0.05, 0) is 46.6 Å². The number of nitrogens with one attached hydrogen (secondary N) is 1. The summed E-state index contributed by atoms with van der Waals surface area (Å²) in [7, 11) is 2.03. The fraction of sp³-hybridized carbons (Fsp3) is 0.769. The highest BCUT2D eigenvalue weighted by molar-refractivity contribution is 7.11. The fourth-order valence-corrected chi connectivity index (χ4v) is 2.72. The number of hydrogen-bond acceptors (Lipinski definition) is 3. The molecule has 92 valence electrons. The van der Waals surface area contributed by atoms with Gasteiger partial charge in [0.05, 0.1) is 11.2 Å². The van der Waals surface area contributed by atoms with Crippen LogP contribution in [-0.2, 0) is 5.54 Å². The molecule has 0 saturated carbocycles. The molecule has 2 nitrogen and oxygen atoms in total. The molecule has 1 aromatic rings. The van der Waals surface area contributed by atoms with Crippen LogP contribution in [0.25, 0.3) is 0 Å². The van der Waals surface area contributed by atoms with E-state index in [-0.39, 0.29) is 5.54 Å². The van der Waals surface area contributed by atoms with E-state index in [1.54, 1.807) is 0 Å². The van der Waals surface area contributed by atoms with Crippen molar-refractivity contribution in [2.24, 2.45) is 5.92 Å². The Morgan fingerprint density at radius 3 is 2.38 bits per heavy atom. The standard InChI is InChI=1S/C13H24N2S/c1-9(2)7-8-13(5,14-6)12-15-10(3)11(4)16-12/h9,14H,7-8H2,1-6H3. The van der Waals surface area contributed by atoms with Crippen LogP contribution in [0.4, 0.5) is 0 Å². The van der Waals surface area contributed by atoms with Gasteiger partial charge >= 0.3 is 0 Å². The summed E-state index contributed by atoms with van der Waals surface area (Å²) in [5, 5.41) is 4.67. The van der Waals surface area contributed by atoms with Crippen LogP contribution in [0.15, 0.2) is 0 Å². The van der Waals surface area contributed by atoms with Gasteiger partial charge in [-0.15, -0.1) is 11.3 Å². The molecule has 16 heavy (non-hydrogen) atoms. The number of aryl methyl sites for hydroxylation is 2. The van der Waals surface area contributed by atoms with E-state index in [1.165, 1.54) is 22.0 Å². The van der Waals surface area contributed by atoms with Gasteiger partial charge in [0, 0.05) is 4.88 Å². The van der Waals surface area contributed by atoms with E-state index in [9.17, 15) is 0 Å². The zero-order chi connectivity index (χ0) is 12.3. The molecule has 1 N–H and O–H groups in total. The van der Waals surface area contributed by atoms with Crippen molar-refractivity contribution in [1.82, 2.24) is 10.3 Å². The van der Waals surface area contributed by atoms with Crippen molar-refractivity contribution in [3.63, 3.8) is 0 Å². The van der Waals surface area contributed by atoms with Gasteiger partial charge in [-0.25, -0.2) is 4.98 Å². The summed E-state index contributed by atoms with van der Waals surface area (Å²) in [4.78, 5) is 6.02. The Morgan fingerprint density at radius 1 is 1.38 bits per heavy atom. The zero-order valence-corrected chi connectivity index (χ0v) is 12.2. The summed E-state index contributed by atoms with van der Waals surface area (Å²) in [6, 6.07) is 0. The van der Waals surface area contributed by atoms with Crippen molar-refractivity contribution >= 4 is 11.3 Å². The van der Waals surface area contributed by atoms with Crippen LogP contribution in [0, 0.1) is 19.8 Å². The molecule has 1 heterocycles. The molecular weight excluding hydrogens is 216 g/mol. The van der Waals surface area contributed by atoms with E-state index >= 15 is 0 Å². The lowest BCUT2D eigenvalue weighted by molar-refractivity contribution is 0.333. The second-order valence-electron chi connectivity index (χ2n) is 5.18. The Balaban J connectivity index is 2.86. The Hall–Kier alpha value is -0.410. The van der Waals surface area contributed by atoms with Crippen LogP contribution in [-0.4, -0.2) is 12.0 Å². The van der Waals surface area contributed by atoms with E-state index in [0.717, 1.165) is 12.3 Å². The van der Waals surface area contributed by atoms with Crippen LogP contribution in [0.2, 0.25) is 0 Å². The van der Waals surface area contributed by atoms with Crippen molar-refractivity contribution in [1.29, 1.82) is 0 Å². The van der Waals surface area contributed by atoms with Gasteiger partial charge in [0.2, 0.25) is 0 Å². The van der Waals surface area contributed by atoms with Gasteiger partial charge in [-0.1, -0.05) is 13.8 Å². The maximum Gasteiger partial charge on any atom is 0.113 e. The highest BCUT2D eigenvalue weighted by Gasteiger charge is 2.28. The smallest absolute Gasteiger partial charge is 0.113 e. The predicted molar refractivity (Wildman–Crippen MR) is 72.1 cm³/mol. The SMILES string of the molecule is CNC(C)(CCC(C)C)c1nc(C)c(C)s1. The van der Waals surface area contributed by atoms with E-state index in [1.807, 2.05) is 18.4 Å². The average molecular weight is 240 g/mol. The number of aromatic nitrogens is 1. The largest absolute Gasteiger partial charge is 0.309 e. The maximum atomic E-state index is 4.69. The molecule has 1 aromatic heterocycles. The Kier molecular flexibility index (Phi) is 4.51. The quantitative estimate of drug-likeness (QED) is 0.850. The molecule has 0 bridgehead atoms. The lowest BCUT2D eigenvalue weighted by Gasteiger charge is -2.27. The molecule has 0 aliphatic heterocycles. The van der Waals surface area contributed by atoms with Crippen molar-refractivity contribution in [3.8, 4) is 0 Å². The van der Waals surface area contributed by atoms with Crippen molar-refractivity contribution in [2.75, 3.05) is 7.05 Å². The lowest BCUT2D eigenvalue weighted by atomic mass is 9.92. The second kappa shape index (κ2) is 5.28. The predicted octanol–water partition coefficient (Wildman–Crippen LogP) is 3.63. The minimum absolute atomic E-state index is 0.0357. The summed E-state index contributed by atoms with van der Waals surface area (Å²) >= 11 is 1.82. The summed E-state index contributed by atoms with van der Waals surface area (Å²) in [5.74, 6) is 0.745. The van der Waals surface area contributed by atoms with Gasteiger partial charge in [0.25, 0.3) is 0 Å². The number of hydrogen-bond donors (Lipinski definition) is 1. The van der Waals surface area contributed by atoms with Crippen LogP contribution in [0.5, 0.6) is 0 Å². The van der Waals surface area contributed by atoms with Crippen LogP contribution >= 0.6 is 11.3 Å². The molecule has 1 unspecified atom stereocenters. The maximum absolute atomic E-state index is 4.69. The molecule has 0 amide bonds. The highest BCUT2D eigenvalue weighted by Crippen LogP contribution is 2.31. The average Bonchev–Trinajstić information content (AvgIpc) is 2.56. The molecular formula is C13H24N2S. The first-order valence-corrected chi connectivity index (χ1v) is 6.84. The molecule has 3 heteroatoms. The van der Waals surface area contributed by atoms with Crippen LogP contribution < -0.4 is 5.32 Å². The second-order valence-corrected chi connectivity index (χ2v) is 6.38. The molecule has 0 aliphatic carbocycles. The van der Waals surface area contributed by atoms with Gasteiger partial charge < -0.3 is 5.32 Å².